The quantitative estimate of drug-likeness (QED) is 0.563. The van der Waals surface area contributed by atoms with Gasteiger partial charge in [-0.2, -0.15) is 0 Å². The first-order chi connectivity index (χ1) is 15.8. The van der Waals surface area contributed by atoms with Crippen LogP contribution in [-0.4, -0.2) is 51.7 Å². The van der Waals surface area contributed by atoms with Crippen LogP contribution in [-0.2, 0) is 28.7 Å². The van der Waals surface area contributed by atoms with Crippen molar-refractivity contribution in [2.45, 2.75) is 64.9 Å². The van der Waals surface area contributed by atoms with Gasteiger partial charge >= 0.3 is 11.9 Å². The summed E-state index contributed by atoms with van der Waals surface area (Å²) in [6.45, 7) is 4.94. The fourth-order valence-corrected chi connectivity index (χ4v) is 7.50. The van der Waals surface area contributed by atoms with Gasteiger partial charge in [0.15, 0.2) is 12.4 Å². The lowest BCUT2D eigenvalue weighted by atomic mass is 9.46. The Morgan fingerprint density at radius 2 is 1.88 bits per heavy atom. The second-order valence-electron chi connectivity index (χ2n) is 10.9. The van der Waals surface area contributed by atoms with Crippen molar-refractivity contribution in [2.24, 2.45) is 34.5 Å². The van der Waals surface area contributed by atoms with Crippen molar-refractivity contribution >= 4 is 29.3 Å². The lowest BCUT2D eigenvalue weighted by Gasteiger charge is -2.56. The van der Waals surface area contributed by atoms with E-state index in [2.05, 4.69) is 0 Å². The van der Waals surface area contributed by atoms with E-state index in [4.69, 9.17) is 9.84 Å². The highest BCUT2D eigenvalue weighted by Crippen LogP contribution is 2.67. The Balaban J connectivity index is 1.58. The second kappa shape index (κ2) is 8.26. The van der Waals surface area contributed by atoms with Crippen LogP contribution in [0.5, 0.6) is 0 Å². The summed E-state index contributed by atoms with van der Waals surface area (Å²) in [5.74, 6) is -3.55. The maximum atomic E-state index is 13.6. The van der Waals surface area contributed by atoms with E-state index in [1.54, 1.807) is 19.9 Å². The van der Waals surface area contributed by atoms with E-state index >= 15 is 0 Å². The Morgan fingerprint density at radius 1 is 1.18 bits per heavy atom. The fourth-order valence-electron chi connectivity index (χ4n) is 7.50. The molecular formula is C26H32O8. The third-order valence-corrected chi connectivity index (χ3v) is 9.17. The van der Waals surface area contributed by atoms with E-state index in [-0.39, 0.29) is 42.2 Å². The number of ketones is 3. The molecule has 0 heterocycles. The summed E-state index contributed by atoms with van der Waals surface area (Å²) >= 11 is 0. The summed E-state index contributed by atoms with van der Waals surface area (Å²) in [6, 6.07) is 0. The molecule has 4 rings (SSSR count). The number of hydrogen-bond donors (Lipinski definition) is 2. The minimum absolute atomic E-state index is 0.0189. The van der Waals surface area contributed by atoms with Crippen LogP contribution in [0.3, 0.4) is 0 Å². The number of aliphatic hydroxyl groups is 1. The van der Waals surface area contributed by atoms with Crippen molar-refractivity contribution in [1.29, 1.82) is 0 Å². The van der Waals surface area contributed by atoms with Crippen molar-refractivity contribution in [3.8, 4) is 0 Å². The molecule has 0 unspecified atom stereocenters. The molecule has 0 aromatic heterocycles. The molecule has 4 aliphatic carbocycles. The van der Waals surface area contributed by atoms with Crippen LogP contribution in [0, 0.1) is 34.5 Å². The number of allylic oxidation sites excluding steroid dienone is 4. The maximum Gasteiger partial charge on any atom is 0.306 e. The first-order valence-electron chi connectivity index (χ1n) is 11.9. The second-order valence-corrected chi connectivity index (χ2v) is 10.9. The number of carboxylic acids is 1. The van der Waals surface area contributed by atoms with Crippen molar-refractivity contribution in [1.82, 2.24) is 0 Å². The van der Waals surface area contributed by atoms with E-state index in [1.165, 1.54) is 6.08 Å². The van der Waals surface area contributed by atoms with Crippen molar-refractivity contribution < 1.29 is 38.9 Å². The van der Waals surface area contributed by atoms with Crippen molar-refractivity contribution in [2.75, 3.05) is 6.61 Å². The average Bonchev–Trinajstić information content (AvgIpc) is 2.97. The molecule has 2 N–H and O–H groups in total. The number of Topliss-reactive ketones (excluding diaryl/α,β-unsaturated/α-hetero) is 2. The third-order valence-electron chi connectivity index (χ3n) is 9.17. The molecule has 8 nitrogen and oxygen atoms in total. The van der Waals surface area contributed by atoms with Gasteiger partial charge in [-0.15, -0.1) is 0 Å². The van der Waals surface area contributed by atoms with Crippen LogP contribution < -0.4 is 0 Å². The molecule has 0 spiro atoms. The Labute approximate surface area is 198 Å². The molecule has 0 radical (unpaired) electrons. The molecule has 3 fully saturated rings. The normalized spacial score (nSPS) is 40.6. The molecule has 7 atom stereocenters. The Hall–Kier alpha value is -2.61. The topological polar surface area (TPSA) is 135 Å². The van der Waals surface area contributed by atoms with E-state index in [0.29, 0.717) is 19.3 Å². The summed E-state index contributed by atoms with van der Waals surface area (Å²) in [6.07, 6.45) is 6.27. The molecule has 34 heavy (non-hydrogen) atoms. The summed E-state index contributed by atoms with van der Waals surface area (Å²) in [5, 5.41) is 20.5. The summed E-state index contributed by atoms with van der Waals surface area (Å²) in [4.78, 5) is 61.3. The Kier molecular flexibility index (Phi) is 5.95. The van der Waals surface area contributed by atoms with E-state index in [1.807, 2.05) is 13.0 Å². The van der Waals surface area contributed by atoms with Crippen LogP contribution in [0.4, 0.5) is 0 Å². The number of carbonyl (C=O) groups excluding carboxylic acids is 4. The van der Waals surface area contributed by atoms with Gasteiger partial charge in [0.1, 0.15) is 11.4 Å². The zero-order valence-corrected chi connectivity index (χ0v) is 19.8. The number of esters is 1. The van der Waals surface area contributed by atoms with Crippen LogP contribution in [0.1, 0.15) is 59.3 Å². The van der Waals surface area contributed by atoms with E-state index in [9.17, 15) is 29.1 Å². The number of rotatable bonds is 6. The molecule has 4 aliphatic rings. The summed E-state index contributed by atoms with van der Waals surface area (Å²) in [5.41, 5.74) is -2.39. The lowest BCUT2D eigenvalue weighted by Crippen LogP contribution is -2.62. The monoisotopic (exact) mass is 472 g/mol. The van der Waals surface area contributed by atoms with Gasteiger partial charge in [-0.05, 0) is 49.2 Å². The molecule has 3 saturated carbocycles. The van der Waals surface area contributed by atoms with Gasteiger partial charge in [-0.1, -0.05) is 32.4 Å². The highest BCUT2D eigenvalue weighted by molar-refractivity contribution is 6.02. The maximum absolute atomic E-state index is 13.6. The number of fused-ring (bicyclic) bond motifs is 5. The molecule has 0 aliphatic heterocycles. The Bertz CT molecular complexity index is 1020. The van der Waals surface area contributed by atoms with Gasteiger partial charge in [0.05, 0.1) is 12.8 Å². The first kappa shape index (κ1) is 24.5. The SMILES string of the molecule is C[C@H]1C[C@@H]2[C@@H]3CCC4=CC(=O)C=C[C@]4(C)[C@H]3C(=O)C[C@]2(C)[C@@]1(O)C(=O)COC(=O)CCC(=O)O. The van der Waals surface area contributed by atoms with Gasteiger partial charge in [-0.25, -0.2) is 0 Å². The van der Waals surface area contributed by atoms with Crippen LogP contribution in [0.25, 0.3) is 0 Å². The summed E-state index contributed by atoms with van der Waals surface area (Å²) < 4.78 is 4.99. The fraction of sp³-hybridized carbons (Fsp3) is 0.654. The molecule has 184 valence electrons. The lowest BCUT2D eigenvalue weighted by molar-refractivity contribution is -0.176. The van der Waals surface area contributed by atoms with Gasteiger partial charge in [0, 0.05) is 23.2 Å². The predicted octanol–water partition coefficient (Wildman–Crippen LogP) is 2.43. The smallest absolute Gasteiger partial charge is 0.306 e. The third kappa shape index (κ3) is 3.49. The number of hydrogen-bond acceptors (Lipinski definition) is 7. The summed E-state index contributed by atoms with van der Waals surface area (Å²) in [7, 11) is 0. The average molecular weight is 473 g/mol. The minimum Gasteiger partial charge on any atom is -0.481 e. The van der Waals surface area contributed by atoms with Crippen LogP contribution >= 0.6 is 0 Å². The van der Waals surface area contributed by atoms with Gasteiger partial charge in [0.25, 0.3) is 0 Å². The molecule has 8 heteroatoms. The first-order valence-corrected chi connectivity index (χ1v) is 11.9. The van der Waals surface area contributed by atoms with E-state index < -0.39 is 53.1 Å². The van der Waals surface area contributed by atoms with Crippen LogP contribution in [0.2, 0.25) is 0 Å². The minimum atomic E-state index is -1.83. The predicted molar refractivity (Wildman–Crippen MR) is 119 cm³/mol. The molecule has 0 aromatic carbocycles. The van der Waals surface area contributed by atoms with E-state index in [0.717, 1.165) is 5.57 Å². The number of ether oxygens (including phenoxy) is 1. The van der Waals surface area contributed by atoms with Gasteiger partial charge in [0.2, 0.25) is 5.78 Å². The number of aliphatic carboxylic acids is 1. The van der Waals surface area contributed by atoms with Gasteiger partial charge in [-0.3, -0.25) is 24.0 Å². The standard InChI is InChI=1S/C26H32O8/c1-14-10-18-17-5-4-15-11-16(27)8-9-24(15,2)23(17)19(28)12-25(18,3)26(14,33)20(29)13-34-22(32)7-6-21(30)31/h8-9,11,14,17-18,23,33H,4-7,10,12-13H2,1-3H3,(H,30,31)/t14-,17-,18+,23+,24-,25-,26-/m0/s1. The van der Waals surface area contributed by atoms with Crippen molar-refractivity contribution in [3.05, 3.63) is 23.8 Å². The zero-order chi connectivity index (χ0) is 25.1. The highest BCUT2D eigenvalue weighted by Gasteiger charge is 2.70. The molecule has 0 aromatic rings. The largest absolute Gasteiger partial charge is 0.481 e. The number of carbonyl (C=O) groups is 5. The molecule has 0 amide bonds. The molecular weight excluding hydrogens is 440 g/mol. The molecule has 0 bridgehead atoms. The highest BCUT2D eigenvalue weighted by atomic mass is 16.5. The van der Waals surface area contributed by atoms with Crippen LogP contribution in [0.15, 0.2) is 23.8 Å². The molecule has 0 saturated heterocycles. The Morgan fingerprint density at radius 3 is 2.56 bits per heavy atom. The van der Waals surface area contributed by atoms with Gasteiger partial charge < -0.3 is 14.9 Å². The van der Waals surface area contributed by atoms with Crippen molar-refractivity contribution in [3.63, 3.8) is 0 Å². The number of carboxylic acid groups (broad SMARTS) is 1. The zero-order valence-electron chi connectivity index (χ0n) is 19.8.